The highest BCUT2D eigenvalue weighted by Crippen LogP contribution is 2.37. The third-order valence-electron chi connectivity index (χ3n) is 4.01. The average Bonchev–Trinajstić information content (AvgIpc) is 3.24. The summed E-state index contributed by atoms with van der Waals surface area (Å²) in [7, 11) is 0. The van der Waals surface area contributed by atoms with Crippen molar-refractivity contribution in [2.24, 2.45) is 5.73 Å². The first-order valence-corrected chi connectivity index (χ1v) is 10.2. The molecule has 3 N–H and O–H groups in total. The maximum atomic E-state index is 14.4. The maximum Gasteiger partial charge on any atom is 0.165 e. The van der Waals surface area contributed by atoms with Crippen molar-refractivity contribution in [2.45, 2.75) is 13.0 Å². The van der Waals surface area contributed by atoms with Crippen molar-refractivity contribution < 1.29 is 19.0 Å². The zero-order valence-electron chi connectivity index (χ0n) is 16.3. The van der Waals surface area contributed by atoms with Crippen LogP contribution in [0.15, 0.2) is 30.3 Å². The summed E-state index contributed by atoms with van der Waals surface area (Å²) in [5.41, 5.74) is 7.00. The van der Waals surface area contributed by atoms with Gasteiger partial charge in [0.15, 0.2) is 11.6 Å². The van der Waals surface area contributed by atoms with Gasteiger partial charge in [-0.05, 0) is 31.2 Å². The van der Waals surface area contributed by atoms with Crippen molar-refractivity contribution in [3.63, 3.8) is 0 Å². The molecule has 3 aromatic rings. The van der Waals surface area contributed by atoms with Crippen molar-refractivity contribution >= 4 is 35.3 Å². The molecule has 0 amide bonds. The van der Waals surface area contributed by atoms with Crippen LogP contribution in [0.5, 0.6) is 11.5 Å². The van der Waals surface area contributed by atoms with E-state index in [0.29, 0.717) is 39.1 Å². The van der Waals surface area contributed by atoms with Crippen LogP contribution >= 0.6 is 35.3 Å². The number of nitrogens with zero attached hydrogens (tertiary/aromatic N) is 3. The molecule has 11 heteroatoms. The van der Waals surface area contributed by atoms with E-state index < -0.39 is 11.9 Å². The molecule has 2 aromatic carbocycles. The normalized spacial score (nSPS) is 11.4. The molecule has 1 aromatic heterocycles. The fraction of sp³-hybridized carbons (Fsp3) is 0.250. The van der Waals surface area contributed by atoms with E-state index in [0.717, 1.165) is 0 Å². The molecule has 7 nitrogen and oxygen atoms in total. The number of aliphatic hydroxyl groups excluding tert-OH is 1. The summed E-state index contributed by atoms with van der Waals surface area (Å²) >= 11 is 7.51. The summed E-state index contributed by atoms with van der Waals surface area (Å²) in [6.07, 6.45) is 0. The zero-order chi connectivity index (χ0) is 21.7. The van der Waals surface area contributed by atoms with Crippen LogP contribution in [-0.2, 0) is 0 Å². The van der Waals surface area contributed by atoms with Gasteiger partial charge in [0.1, 0.15) is 28.4 Å². The van der Waals surface area contributed by atoms with E-state index in [9.17, 15) is 9.65 Å². The number of aromatic nitrogens is 2. The zero-order valence-corrected chi connectivity index (χ0v) is 18.7. The van der Waals surface area contributed by atoms with Crippen LogP contribution in [0.1, 0.15) is 12.5 Å². The van der Waals surface area contributed by atoms with E-state index in [-0.39, 0.29) is 36.4 Å². The van der Waals surface area contributed by atoms with Crippen molar-refractivity contribution in [2.75, 3.05) is 19.8 Å². The molecule has 0 aliphatic carbocycles. The Hall–Kier alpha value is -2.48. The number of ether oxygens (including phenoxy) is 2. The van der Waals surface area contributed by atoms with Gasteiger partial charge in [-0.15, -0.1) is 22.6 Å². The summed E-state index contributed by atoms with van der Waals surface area (Å²) < 4.78 is 25.1. The van der Waals surface area contributed by atoms with Crippen LogP contribution < -0.4 is 15.2 Å². The minimum Gasteiger partial charge on any atom is -0.492 e. The molecule has 3 rings (SSSR count). The van der Waals surface area contributed by atoms with Crippen LogP contribution in [0.25, 0.3) is 21.1 Å². The molecule has 31 heavy (non-hydrogen) atoms. The summed E-state index contributed by atoms with van der Waals surface area (Å²) in [4.78, 5) is 0. The second-order valence-corrected chi connectivity index (χ2v) is 7.57. The van der Waals surface area contributed by atoms with Gasteiger partial charge in [-0.3, -0.25) is 0 Å². The minimum atomic E-state index is -0.635. The van der Waals surface area contributed by atoms with Gasteiger partial charge in [-0.2, -0.15) is 5.26 Å². The van der Waals surface area contributed by atoms with Crippen LogP contribution in [0, 0.1) is 17.1 Å². The lowest BCUT2D eigenvalue weighted by atomic mass is 10.1. The van der Waals surface area contributed by atoms with Crippen molar-refractivity contribution in [1.82, 2.24) is 10.2 Å². The van der Waals surface area contributed by atoms with Gasteiger partial charge in [-0.1, -0.05) is 22.9 Å². The molecule has 0 radical (unpaired) electrons. The molecule has 0 fully saturated rings. The van der Waals surface area contributed by atoms with Crippen molar-refractivity contribution in [1.29, 1.82) is 5.26 Å². The molecule has 0 aliphatic rings. The van der Waals surface area contributed by atoms with E-state index in [4.69, 9.17) is 31.9 Å². The Morgan fingerprint density at radius 2 is 1.97 bits per heavy atom. The average molecular weight is 485 g/mol. The number of aliphatic hydroxyl groups is 1. The largest absolute Gasteiger partial charge is 0.492 e. The summed E-state index contributed by atoms with van der Waals surface area (Å²) in [5, 5.41) is 27.7. The lowest BCUT2D eigenvalue weighted by Gasteiger charge is -2.12. The third kappa shape index (κ3) is 5.81. The Kier molecular flexibility index (Phi) is 8.98. The van der Waals surface area contributed by atoms with Gasteiger partial charge in [0.25, 0.3) is 0 Å². The molecule has 1 heterocycles. The fourth-order valence-electron chi connectivity index (χ4n) is 2.53. The number of halogens is 3. The molecule has 0 aliphatic heterocycles. The van der Waals surface area contributed by atoms with Crippen LogP contribution in [0.2, 0.25) is 5.02 Å². The molecule has 1 atom stereocenters. The summed E-state index contributed by atoms with van der Waals surface area (Å²) in [6, 6.07) is 9.17. The first-order chi connectivity index (χ1) is 14.5. The Morgan fingerprint density at radius 1 is 1.23 bits per heavy atom. The molecular formula is C20H19Cl2FN4O3S. The Balaban J connectivity index is 0.00000341. The number of rotatable bonds is 8. The van der Waals surface area contributed by atoms with E-state index in [1.54, 1.807) is 18.2 Å². The summed E-state index contributed by atoms with van der Waals surface area (Å²) in [6.45, 7) is 1.96. The molecule has 0 unspecified atom stereocenters. The van der Waals surface area contributed by atoms with Gasteiger partial charge in [0, 0.05) is 17.2 Å². The SMILES string of the molecule is CCOc1ccc(-c2nnc(-c3cc(F)c(OC[C@@H](N)CO)cc3Cl)s2)cc1C#N.Cl. The molecule has 0 spiro atoms. The highest BCUT2D eigenvalue weighted by Gasteiger charge is 2.17. The lowest BCUT2D eigenvalue weighted by Crippen LogP contribution is -2.31. The Bertz CT molecular complexity index is 1090. The smallest absolute Gasteiger partial charge is 0.165 e. The van der Waals surface area contributed by atoms with Gasteiger partial charge in [-0.25, -0.2) is 4.39 Å². The lowest BCUT2D eigenvalue weighted by molar-refractivity contribution is 0.202. The second kappa shape index (κ2) is 11.2. The van der Waals surface area contributed by atoms with E-state index in [1.807, 2.05) is 6.92 Å². The van der Waals surface area contributed by atoms with Gasteiger partial charge >= 0.3 is 0 Å². The standard InChI is InChI=1S/C20H18ClFN4O3S.ClH/c1-2-28-17-4-3-11(5-12(17)8-23)19-25-26-20(30-19)14-6-16(22)18(7-15(14)21)29-10-13(24)9-27;/h3-7,13,27H,2,9-10,24H2,1H3;1H/t13-;/m0./s1. The molecule has 0 saturated carbocycles. The van der Waals surface area contributed by atoms with Crippen molar-refractivity contribution in [3.05, 3.63) is 46.7 Å². The Morgan fingerprint density at radius 3 is 2.65 bits per heavy atom. The third-order valence-corrected chi connectivity index (χ3v) is 5.33. The van der Waals surface area contributed by atoms with E-state index in [2.05, 4.69) is 16.3 Å². The predicted molar refractivity (Wildman–Crippen MR) is 119 cm³/mol. The van der Waals surface area contributed by atoms with Gasteiger partial charge < -0.3 is 20.3 Å². The molecular weight excluding hydrogens is 466 g/mol. The number of hydrogen-bond donors (Lipinski definition) is 2. The highest BCUT2D eigenvalue weighted by molar-refractivity contribution is 7.18. The number of hydrogen-bond acceptors (Lipinski definition) is 8. The first-order valence-electron chi connectivity index (χ1n) is 8.96. The maximum absolute atomic E-state index is 14.4. The molecule has 0 saturated heterocycles. The van der Waals surface area contributed by atoms with E-state index in [1.165, 1.54) is 23.5 Å². The number of nitriles is 1. The van der Waals surface area contributed by atoms with Gasteiger partial charge in [0.2, 0.25) is 0 Å². The predicted octanol–water partition coefficient (Wildman–Crippen LogP) is 4.06. The Labute approximate surface area is 193 Å². The molecule has 0 bridgehead atoms. The van der Waals surface area contributed by atoms with Crippen LogP contribution in [0.3, 0.4) is 0 Å². The minimum absolute atomic E-state index is 0. The number of benzene rings is 2. The van der Waals surface area contributed by atoms with Crippen molar-refractivity contribution in [3.8, 4) is 38.7 Å². The second-order valence-electron chi connectivity index (χ2n) is 6.18. The number of nitrogens with two attached hydrogens (primary N) is 1. The fourth-order valence-corrected chi connectivity index (χ4v) is 3.70. The topological polar surface area (TPSA) is 114 Å². The van der Waals surface area contributed by atoms with Crippen LogP contribution in [0.4, 0.5) is 4.39 Å². The van der Waals surface area contributed by atoms with Gasteiger partial charge in [0.05, 0.1) is 29.8 Å². The monoisotopic (exact) mass is 484 g/mol. The van der Waals surface area contributed by atoms with Crippen LogP contribution in [-0.4, -0.2) is 41.2 Å². The quantitative estimate of drug-likeness (QED) is 0.495. The first kappa shape index (κ1) is 24.8. The molecule has 164 valence electrons. The van der Waals surface area contributed by atoms with E-state index >= 15 is 0 Å². The highest BCUT2D eigenvalue weighted by atomic mass is 35.5. The summed E-state index contributed by atoms with van der Waals surface area (Å²) in [5.74, 6) is -0.207.